The van der Waals surface area contributed by atoms with Crippen molar-refractivity contribution in [1.29, 1.82) is 0 Å². The van der Waals surface area contributed by atoms with Crippen molar-refractivity contribution in [2.24, 2.45) is 0 Å². The second kappa shape index (κ2) is 32.7. The number of carbonyl (C=O) groups excluding carboxylic acids is 4. The molecule has 0 radical (unpaired) electrons. The predicted octanol–water partition coefficient (Wildman–Crippen LogP) is 11.4. The molecule has 0 bridgehead atoms. The average Bonchev–Trinajstić information content (AvgIpc) is 3.74. The van der Waals surface area contributed by atoms with E-state index in [2.05, 4.69) is 43.5 Å². The molecule has 54 heavy (non-hydrogen) atoms. The Balaban J connectivity index is 1.44. The molecule has 2 aliphatic rings. The number of alkyl carbamates (subject to hydrolysis) is 1. The van der Waals surface area contributed by atoms with Crippen molar-refractivity contribution in [2.75, 3.05) is 13.2 Å². The third-order valence-corrected chi connectivity index (χ3v) is 10.5. The van der Waals surface area contributed by atoms with Crippen LogP contribution in [-0.2, 0) is 33.3 Å². The summed E-state index contributed by atoms with van der Waals surface area (Å²) < 4.78 is 22.5. The summed E-state index contributed by atoms with van der Waals surface area (Å²) in [5.74, 6) is -1.07. The van der Waals surface area contributed by atoms with E-state index in [1.165, 1.54) is 96.3 Å². The number of hydrogen-bond donors (Lipinski definition) is 1. The smallest absolute Gasteiger partial charge is 0.414 e. The first kappa shape index (κ1) is 47.6. The van der Waals surface area contributed by atoms with Crippen molar-refractivity contribution in [3.8, 4) is 0 Å². The fourth-order valence-corrected chi connectivity index (χ4v) is 7.18. The molecule has 2 saturated heterocycles. The molecule has 0 spiro atoms. The molecule has 1 N–H and O–H groups in total. The summed E-state index contributed by atoms with van der Waals surface area (Å²) in [4.78, 5) is 49.5. The van der Waals surface area contributed by atoms with Gasteiger partial charge in [-0.15, -0.1) is 0 Å². The number of amides is 2. The highest BCUT2D eigenvalue weighted by Gasteiger charge is 2.51. The maximum absolute atomic E-state index is 12.5. The van der Waals surface area contributed by atoms with Gasteiger partial charge in [0.15, 0.2) is 12.2 Å². The van der Waals surface area contributed by atoms with Crippen LogP contribution in [0.5, 0.6) is 0 Å². The molecule has 2 aliphatic heterocycles. The van der Waals surface area contributed by atoms with Gasteiger partial charge >= 0.3 is 12.1 Å². The van der Waals surface area contributed by atoms with Gasteiger partial charge in [-0.25, -0.2) is 4.79 Å². The van der Waals surface area contributed by atoms with Crippen LogP contribution in [0.3, 0.4) is 0 Å². The van der Waals surface area contributed by atoms with Gasteiger partial charge in [0.2, 0.25) is 5.91 Å². The third kappa shape index (κ3) is 24.1. The van der Waals surface area contributed by atoms with Crippen molar-refractivity contribution >= 4 is 23.8 Å². The van der Waals surface area contributed by atoms with Crippen molar-refractivity contribution in [1.82, 2.24) is 5.32 Å². The van der Waals surface area contributed by atoms with Crippen molar-refractivity contribution in [3.05, 3.63) is 24.3 Å². The molecule has 0 aliphatic carbocycles. The van der Waals surface area contributed by atoms with E-state index in [0.29, 0.717) is 6.42 Å². The van der Waals surface area contributed by atoms with E-state index in [0.717, 1.165) is 70.6 Å². The number of unbranched alkanes of at least 4 members (excludes halogenated alkanes) is 22. The second-order valence-corrected chi connectivity index (χ2v) is 15.5. The SMILES string of the molecule is CCCCCCCC/C=C\CCCCCCCC(=O)CC(=O)O[C@@H]1CO[C@H]2[C@@H]1OC[C@@H]2OC(=O)NC(=O)CCCCCCC/C=C\CCCCCCCC. The van der Waals surface area contributed by atoms with E-state index in [9.17, 15) is 19.2 Å². The molecule has 0 aromatic heterocycles. The van der Waals surface area contributed by atoms with Crippen LogP contribution in [0.2, 0.25) is 0 Å². The fraction of sp³-hybridized carbons (Fsp3) is 0.822. The number of imide groups is 1. The maximum atomic E-state index is 12.5. The summed E-state index contributed by atoms with van der Waals surface area (Å²) in [5, 5.41) is 2.30. The van der Waals surface area contributed by atoms with E-state index < -0.39 is 36.5 Å². The minimum absolute atomic E-state index is 0.0770. The Bertz CT molecular complexity index is 976. The van der Waals surface area contributed by atoms with E-state index in [-0.39, 0.29) is 37.7 Å². The molecule has 0 unspecified atom stereocenters. The van der Waals surface area contributed by atoms with Crippen LogP contribution in [-0.4, -0.2) is 61.4 Å². The predicted molar refractivity (Wildman–Crippen MR) is 216 cm³/mol. The number of nitrogens with one attached hydrogen (secondary N) is 1. The highest BCUT2D eigenvalue weighted by Crippen LogP contribution is 2.31. The number of ether oxygens (including phenoxy) is 4. The van der Waals surface area contributed by atoms with Crippen LogP contribution in [0, 0.1) is 0 Å². The number of carbonyl (C=O) groups is 4. The zero-order chi connectivity index (χ0) is 38.9. The van der Waals surface area contributed by atoms with Crippen LogP contribution in [0.15, 0.2) is 24.3 Å². The van der Waals surface area contributed by atoms with E-state index in [1.54, 1.807) is 0 Å². The Morgan fingerprint density at radius 1 is 0.519 bits per heavy atom. The topological polar surface area (TPSA) is 117 Å². The minimum Gasteiger partial charge on any atom is -0.457 e. The lowest BCUT2D eigenvalue weighted by Gasteiger charge is -2.17. The summed E-state index contributed by atoms with van der Waals surface area (Å²) in [6.07, 6.45) is 37.1. The summed E-state index contributed by atoms with van der Waals surface area (Å²) >= 11 is 0. The van der Waals surface area contributed by atoms with Crippen LogP contribution < -0.4 is 5.32 Å². The van der Waals surface area contributed by atoms with E-state index >= 15 is 0 Å². The Kier molecular flexibility index (Phi) is 28.8. The lowest BCUT2D eigenvalue weighted by Crippen LogP contribution is -2.39. The van der Waals surface area contributed by atoms with Crippen LogP contribution in [0.4, 0.5) is 4.79 Å². The highest BCUT2D eigenvalue weighted by atomic mass is 16.7. The van der Waals surface area contributed by atoms with Crippen LogP contribution in [0.25, 0.3) is 0 Å². The number of esters is 1. The van der Waals surface area contributed by atoms with E-state index in [4.69, 9.17) is 18.9 Å². The normalized spacial score (nSPS) is 19.4. The Morgan fingerprint density at radius 2 is 0.907 bits per heavy atom. The quantitative estimate of drug-likeness (QED) is 0.0298. The standard InChI is InChI=1S/C45H77NO8/c1-3-5-7-9-11-13-15-17-19-21-23-25-27-29-31-33-38(47)35-42(49)53-39-36-51-44-40(37-52-43(39)44)54-45(50)46-41(48)34-32-30-28-26-24-22-20-18-16-14-12-10-8-6-4-2/h17-20,39-40,43-44H,3-16,21-37H2,1-2H3,(H,46,48,50)/b19-17-,20-18-/t39-,40+,43-,44-/m1/s1. The Labute approximate surface area is 328 Å². The average molecular weight is 760 g/mol. The molecule has 2 heterocycles. The van der Waals surface area contributed by atoms with Gasteiger partial charge in [-0.05, 0) is 64.2 Å². The molecular formula is C45H77NO8. The molecule has 0 aromatic carbocycles. The second-order valence-electron chi connectivity index (χ2n) is 15.5. The monoisotopic (exact) mass is 760 g/mol. The number of hydrogen-bond acceptors (Lipinski definition) is 8. The number of Topliss-reactive ketones (excluding diaryl/α,β-unsaturated/α-hetero) is 1. The largest absolute Gasteiger partial charge is 0.457 e. The summed E-state index contributed by atoms with van der Waals surface area (Å²) in [6, 6.07) is 0. The minimum atomic E-state index is -0.827. The van der Waals surface area contributed by atoms with Crippen molar-refractivity contribution in [3.63, 3.8) is 0 Å². The molecule has 0 aromatic rings. The molecular weight excluding hydrogens is 682 g/mol. The highest BCUT2D eigenvalue weighted by molar-refractivity contribution is 5.95. The Hall–Kier alpha value is -2.52. The molecule has 9 heteroatoms. The first-order valence-electron chi connectivity index (χ1n) is 22.2. The maximum Gasteiger partial charge on any atom is 0.414 e. The van der Waals surface area contributed by atoms with Gasteiger partial charge in [0.05, 0.1) is 13.2 Å². The number of rotatable bonds is 34. The van der Waals surface area contributed by atoms with Crippen molar-refractivity contribution in [2.45, 2.75) is 224 Å². The molecule has 2 fully saturated rings. The molecule has 4 atom stereocenters. The number of fused-ring (bicyclic) bond motifs is 1. The van der Waals surface area contributed by atoms with Crippen molar-refractivity contribution < 1.29 is 38.1 Å². The number of ketones is 1. The summed E-state index contributed by atoms with van der Waals surface area (Å²) in [7, 11) is 0. The van der Waals surface area contributed by atoms with Gasteiger partial charge in [-0.1, -0.05) is 141 Å². The zero-order valence-electron chi connectivity index (χ0n) is 34.3. The van der Waals surface area contributed by atoms with Gasteiger partial charge in [0, 0.05) is 12.8 Å². The Morgan fingerprint density at radius 3 is 1.37 bits per heavy atom. The fourth-order valence-electron chi connectivity index (χ4n) is 7.18. The van der Waals surface area contributed by atoms with Crippen LogP contribution in [0.1, 0.15) is 200 Å². The molecule has 0 saturated carbocycles. The van der Waals surface area contributed by atoms with Crippen LogP contribution >= 0.6 is 0 Å². The molecule has 9 nitrogen and oxygen atoms in total. The first-order chi connectivity index (χ1) is 26.4. The van der Waals surface area contributed by atoms with Gasteiger partial charge in [0.25, 0.3) is 0 Å². The lowest BCUT2D eigenvalue weighted by atomic mass is 10.1. The lowest BCUT2D eigenvalue weighted by molar-refractivity contribution is -0.155. The molecule has 2 amide bonds. The van der Waals surface area contributed by atoms with Gasteiger partial charge < -0.3 is 18.9 Å². The zero-order valence-corrected chi connectivity index (χ0v) is 34.3. The van der Waals surface area contributed by atoms with Gasteiger partial charge in [-0.2, -0.15) is 0 Å². The van der Waals surface area contributed by atoms with Gasteiger partial charge in [-0.3, -0.25) is 19.7 Å². The number of allylic oxidation sites excluding steroid dienone is 4. The first-order valence-corrected chi connectivity index (χ1v) is 22.2. The summed E-state index contributed by atoms with van der Waals surface area (Å²) in [6.45, 7) is 4.67. The van der Waals surface area contributed by atoms with E-state index in [1.807, 2.05) is 0 Å². The summed E-state index contributed by atoms with van der Waals surface area (Å²) in [5.41, 5.74) is 0. The van der Waals surface area contributed by atoms with Gasteiger partial charge in [0.1, 0.15) is 24.4 Å². The third-order valence-electron chi connectivity index (χ3n) is 10.5. The molecule has 2 rings (SSSR count). The molecule has 310 valence electrons.